The second-order valence-electron chi connectivity index (χ2n) is 4.80. The van der Waals surface area contributed by atoms with Crippen LogP contribution in [-0.2, 0) is 11.3 Å². The van der Waals surface area contributed by atoms with Gasteiger partial charge < -0.3 is 5.32 Å². The number of nitriles is 1. The second kappa shape index (κ2) is 4.21. The Morgan fingerprint density at radius 3 is 2.65 bits per heavy atom. The second-order valence-corrected chi connectivity index (χ2v) is 4.80. The van der Waals surface area contributed by atoms with Crippen molar-refractivity contribution in [2.24, 2.45) is 5.41 Å². The number of nitrogens with zero attached hydrogens (tertiary/aromatic N) is 1. The van der Waals surface area contributed by atoms with Gasteiger partial charge in [-0.3, -0.25) is 4.79 Å². The van der Waals surface area contributed by atoms with Gasteiger partial charge in [-0.1, -0.05) is 18.2 Å². The van der Waals surface area contributed by atoms with Gasteiger partial charge >= 0.3 is 0 Å². The Morgan fingerprint density at radius 2 is 2.12 bits per heavy atom. The highest BCUT2D eigenvalue weighted by atomic mass is 16.2. The fourth-order valence-electron chi connectivity index (χ4n) is 1.78. The van der Waals surface area contributed by atoms with E-state index in [4.69, 9.17) is 5.26 Å². The molecular weight excluding hydrogens is 212 g/mol. The van der Waals surface area contributed by atoms with Crippen molar-refractivity contribution in [3.8, 4) is 6.07 Å². The van der Waals surface area contributed by atoms with E-state index in [9.17, 15) is 4.79 Å². The molecule has 2 rings (SSSR count). The first-order valence-corrected chi connectivity index (χ1v) is 5.83. The van der Waals surface area contributed by atoms with E-state index in [0.29, 0.717) is 19.4 Å². The fourth-order valence-corrected chi connectivity index (χ4v) is 1.78. The maximum absolute atomic E-state index is 11.7. The average molecular weight is 228 g/mol. The van der Waals surface area contributed by atoms with Crippen molar-refractivity contribution in [1.82, 2.24) is 5.32 Å². The highest BCUT2D eigenvalue weighted by Gasteiger charge is 2.50. The lowest BCUT2D eigenvalue weighted by atomic mass is 10.1. The van der Waals surface area contributed by atoms with Crippen molar-refractivity contribution in [1.29, 1.82) is 5.26 Å². The minimum Gasteiger partial charge on any atom is -0.351 e. The first-order chi connectivity index (χ1) is 8.07. The van der Waals surface area contributed by atoms with E-state index in [1.807, 2.05) is 12.1 Å². The molecule has 3 heteroatoms. The molecule has 0 unspecified atom stereocenters. The zero-order valence-corrected chi connectivity index (χ0v) is 10.2. The Morgan fingerprint density at radius 1 is 1.41 bits per heavy atom. The van der Waals surface area contributed by atoms with Gasteiger partial charge in [-0.25, -0.2) is 0 Å². The largest absolute Gasteiger partial charge is 0.351 e. The summed E-state index contributed by atoms with van der Waals surface area (Å²) in [5, 5.41) is 11.7. The molecule has 0 aliphatic heterocycles. The number of amides is 1. The predicted octanol–water partition coefficient (Wildman–Crippen LogP) is 2.22. The quantitative estimate of drug-likeness (QED) is 0.862. The summed E-state index contributed by atoms with van der Waals surface area (Å²) in [6, 6.07) is 8.23. The minimum absolute atomic E-state index is 0.127. The molecule has 0 atom stereocenters. The summed E-state index contributed by atoms with van der Waals surface area (Å²) in [6.07, 6.45) is 1.39. The molecule has 0 heterocycles. The molecule has 0 spiro atoms. The van der Waals surface area contributed by atoms with Gasteiger partial charge in [0.1, 0.15) is 5.41 Å². The zero-order chi connectivity index (χ0) is 12.5. The van der Waals surface area contributed by atoms with E-state index in [-0.39, 0.29) is 5.91 Å². The van der Waals surface area contributed by atoms with Crippen LogP contribution in [0.5, 0.6) is 0 Å². The molecule has 17 heavy (non-hydrogen) atoms. The summed E-state index contributed by atoms with van der Waals surface area (Å²) in [7, 11) is 0. The van der Waals surface area contributed by atoms with Gasteiger partial charge in [0.2, 0.25) is 5.91 Å². The van der Waals surface area contributed by atoms with E-state index in [2.05, 4.69) is 31.3 Å². The monoisotopic (exact) mass is 228 g/mol. The molecule has 1 aromatic carbocycles. The van der Waals surface area contributed by atoms with Crippen molar-refractivity contribution < 1.29 is 4.79 Å². The molecule has 3 nitrogen and oxygen atoms in total. The molecule has 88 valence electrons. The number of rotatable bonds is 3. The number of nitrogens with one attached hydrogen (secondary N) is 1. The van der Waals surface area contributed by atoms with Gasteiger partial charge in [-0.2, -0.15) is 5.26 Å². The summed E-state index contributed by atoms with van der Waals surface area (Å²) >= 11 is 0. The van der Waals surface area contributed by atoms with Crippen LogP contribution >= 0.6 is 0 Å². The van der Waals surface area contributed by atoms with Gasteiger partial charge in [-0.05, 0) is 43.4 Å². The molecule has 1 aromatic rings. The summed E-state index contributed by atoms with van der Waals surface area (Å²) in [5.74, 6) is -0.127. The van der Waals surface area contributed by atoms with Crippen LogP contribution < -0.4 is 5.32 Å². The van der Waals surface area contributed by atoms with Gasteiger partial charge in [0, 0.05) is 6.54 Å². The number of benzene rings is 1. The highest BCUT2D eigenvalue weighted by Crippen LogP contribution is 2.44. The van der Waals surface area contributed by atoms with E-state index in [1.54, 1.807) is 0 Å². The van der Waals surface area contributed by atoms with Crippen molar-refractivity contribution in [2.45, 2.75) is 33.2 Å². The Hall–Kier alpha value is -1.82. The maximum atomic E-state index is 11.7. The smallest absolute Gasteiger partial charge is 0.240 e. The predicted molar refractivity (Wildman–Crippen MR) is 65.0 cm³/mol. The van der Waals surface area contributed by atoms with Crippen LogP contribution in [0, 0.1) is 30.6 Å². The van der Waals surface area contributed by atoms with E-state index < -0.39 is 5.41 Å². The van der Waals surface area contributed by atoms with Crippen molar-refractivity contribution in [2.75, 3.05) is 0 Å². The summed E-state index contributed by atoms with van der Waals surface area (Å²) < 4.78 is 0. The van der Waals surface area contributed by atoms with Crippen LogP contribution in [0.15, 0.2) is 18.2 Å². The average Bonchev–Trinajstić information content (AvgIpc) is 3.11. The Balaban J connectivity index is 1.97. The first kappa shape index (κ1) is 11.7. The molecule has 1 aliphatic rings. The normalized spacial score (nSPS) is 16.1. The molecule has 0 aromatic heterocycles. The maximum Gasteiger partial charge on any atom is 0.240 e. The van der Waals surface area contributed by atoms with Crippen LogP contribution in [0.4, 0.5) is 0 Å². The zero-order valence-electron chi connectivity index (χ0n) is 10.2. The molecule has 0 bridgehead atoms. The molecule has 0 radical (unpaired) electrons. The minimum atomic E-state index is -0.722. The van der Waals surface area contributed by atoms with Crippen molar-refractivity contribution >= 4 is 5.91 Å². The fraction of sp³-hybridized carbons (Fsp3) is 0.429. The van der Waals surface area contributed by atoms with Crippen molar-refractivity contribution in [3.63, 3.8) is 0 Å². The van der Waals surface area contributed by atoms with Gasteiger partial charge in [0.25, 0.3) is 0 Å². The SMILES string of the molecule is Cc1ccc(CNC(=O)C2(C#N)CC2)cc1C. The van der Waals surface area contributed by atoms with Gasteiger partial charge in [0.05, 0.1) is 6.07 Å². The van der Waals surface area contributed by atoms with E-state index >= 15 is 0 Å². The third kappa shape index (κ3) is 2.31. The number of aryl methyl sites for hydroxylation is 2. The van der Waals surface area contributed by atoms with Crippen LogP contribution in [0.3, 0.4) is 0 Å². The number of hydrogen-bond acceptors (Lipinski definition) is 2. The lowest BCUT2D eigenvalue weighted by Gasteiger charge is -2.09. The number of carbonyl (C=O) groups is 1. The molecule has 1 fully saturated rings. The van der Waals surface area contributed by atoms with E-state index in [0.717, 1.165) is 5.56 Å². The summed E-state index contributed by atoms with van der Waals surface area (Å²) in [6.45, 7) is 4.62. The third-order valence-corrected chi connectivity index (χ3v) is 3.42. The molecule has 1 aliphatic carbocycles. The Labute approximate surface area is 101 Å². The topological polar surface area (TPSA) is 52.9 Å². The van der Waals surface area contributed by atoms with Crippen LogP contribution in [0.2, 0.25) is 0 Å². The van der Waals surface area contributed by atoms with Gasteiger partial charge in [-0.15, -0.1) is 0 Å². The summed E-state index contributed by atoms with van der Waals surface area (Å²) in [5.41, 5.74) is 2.82. The lowest BCUT2D eigenvalue weighted by Crippen LogP contribution is -2.30. The molecular formula is C14H16N2O. The number of hydrogen-bond donors (Lipinski definition) is 1. The Kier molecular flexibility index (Phi) is 2.89. The van der Waals surface area contributed by atoms with Crippen LogP contribution in [0.1, 0.15) is 29.5 Å². The third-order valence-electron chi connectivity index (χ3n) is 3.42. The van der Waals surface area contributed by atoms with E-state index in [1.165, 1.54) is 11.1 Å². The van der Waals surface area contributed by atoms with Crippen LogP contribution in [-0.4, -0.2) is 5.91 Å². The molecule has 1 amide bonds. The molecule has 0 saturated heterocycles. The lowest BCUT2D eigenvalue weighted by molar-refractivity contribution is -0.124. The first-order valence-electron chi connectivity index (χ1n) is 5.83. The summed E-state index contributed by atoms with van der Waals surface area (Å²) in [4.78, 5) is 11.7. The van der Waals surface area contributed by atoms with Crippen LogP contribution in [0.25, 0.3) is 0 Å². The van der Waals surface area contributed by atoms with Gasteiger partial charge in [0.15, 0.2) is 0 Å². The molecule has 1 N–H and O–H groups in total. The number of carbonyl (C=O) groups excluding carboxylic acids is 1. The highest BCUT2D eigenvalue weighted by molar-refractivity contribution is 5.88. The van der Waals surface area contributed by atoms with Crippen molar-refractivity contribution in [3.05, 3.63) is 34.9 Å². The standard InChI is InChI=1S/C14H16N2O/c1-10-3-4-12(7-11(10)2)8-16-13(17)14(9-15)5-6-14/h3-4,7H,5-6,8H2,1-2H3,(H,16,17). The Bertz CT molecular complexity index is 495. The molecule has 1 saturated carbocycles.